The third kappa shape index (κ3) is 6.43. The maximum absolute atomic E-state index is 12.4. The van der Waals surface area contributed by atoms with Crippen molar-refractivity contribution in [3.8, 4) is 11.6 Å². The summed E-state index contributed by atoms with van der Waals surface area (Å²) in [7, 11) is -1.13. The van der Waals surface area contributed by atoms with E-state index in [1.807, 2.05) is 22.9 Å². The van der Waals surface area contributed by atoms with E-state index in [9.17, 15) is 4.79 Å². The summed E-state index contributed by atoms with van der Waals surface area (Å²) in [5.41, 5.74) is 8.25. The number of rotatable bonds is 9. The number of H-pyrrole nitrogens is 1. The molecule has 8 nitrogen and oxygen atoms in total. The molecule has 0 aliphatic rings. The SMILES string of the molecule is C[Si](C)(C)CCOCn1ncc2cc(Cc3cc(Oc4c(Cl)cc(N)cc4Cl)n[nH]c3=O)ccc21. The number of aromatic amines is 1. The number of hydrogen-bond acceptors (Lipinski definition) is 6. The molecule has 2 aromatic carbocycles. The fourth-order valence-corrected chi connectivity index (χ4v) is 4.83. The van der Waals surface area contributed by atoms with E-state index in [4.69, 9.17) is 38.4 Å². The number of anilines is 1. The van der Waals surface area contributed by atoms with Crippen LogP contribution in [0, 0.1) is 0 Å². The highest BCUT2D eigenvalue weighted by molar-refractivity contribution is 6.76. The van der Waals surface area contributed by atoms with Crippen LogP contribution < -0.4 is 16.0 Å². The summed E-state index contributed by atoms with van der Waals surface area (Å²) >= 11 is 12.4. The number of hydrogen-bond donors (Lipinski definition) is 2. The maximum Gasteiger partial charge on any atom is 0.267 e. The highest BCUT2D eigenvalue weighted by Crippen LogP contribution is 2.37. The molecule has 0 amide bonds. The molecule has 4 rings (SSSR count). The average Bonchev–Trinajstić information content (AvgIpc) is 3.17. The Bertz CT molecular complexity index is 1390. The molecule has 0 aliphatic heterocycles. The van der Waals surface area contributed by atoms with E-state index in [1.54, 1.807) is 12.3 Å². The van der Waals surface area contributed by atoms with Gasteiger partial charge in [-0.05, 0) is 35.9 Å². The second-order valence-electron chi connectivity index (χ2n) is 9.54. The zero-order valence-corrected chi connectivity index (χ0v) is 22.3. The fourth-order valence-electron chi connectivity index (χ4n) is 3.49. The van der Waals surface area contributed by atoms with Gasteiger partial charge in [0.15, 0.2) is 5.75 Å². The molecule has 2 heterocycles. The maximum atomic E-state index is 12.4. The second-order valence-corrected chi connectivity index (χ2v) is 16.0. The molecule has 35 heavy (non-hydrogen) atoms. The summed E-state index contributed by atoms with van der Waals surface area (Å²) in [5, 5.41) is 12.3. The first-order valence-electron chi connectivity index (χ1n) is 11.1. The lowest BCUT2D eigenvalue weighted by Gasteiger charge is -2.15. The van der Waals surface area contributed by atoms with Crippen LogP contribution in [-0.2, 0) is 17.9 Å². The van der Waals surface area contributed by atoms with Crippen LogP contribution in [0.15, 0.2) is 47.4 Å². The van der Waals surface area contributed by atoms with Crippen molar-refractivity contribution in [1.82, 2.24) is 20.0 Å². The Labute approximate surface area is 214 Å². The summed E-state index contributed by atoms with van der Waals surface area (Å²) < 4.78 is 13.4. The summed E-state index contributed by atoms with van der Waals surface area (Å²) in [5.74, 6) is 0.381. The minimum absolute atomic E-state index is 0.164. The van der Waals surface area contributed by atoms with Gasteiger partial charge in [0, 0.05) is 43.8 Å². The molecule has 0 saturated carbocycles. The molecule has 184 valence electrons. The van der Waals surface area contributed by atoms with Gasteiger partial charge >= 0.3 is 0 Å². The molecule has 3 N–H and O–H groups in total. The van der Waals surface area contributed by atoms with Crippen molar-refractivity contribution >= 4 is 47.9 Å². The molecule has 2 aromatic heterocycles. The Balaban J connectivity index is 1.48. The van der Waals surface area contributed by atoms with E-state index < -0.39 is 8.07 Å². The molecule has 0 atom stereocenters. The standard InChI is InChI=1S/C24H27Cl2N5O3Si/c1-35(2,3)7-6-33-14-31-21-5-4-15(9-17(21)13-28-31)8-16-10-22(29-30-24(16)32)34-23-19(25)11-18(27)12-20(23)26/h4-5,9-13H,6-8,14,27H2,1-3H3,(H,30,32). The highest BCUT2D eigenvalue weighted by atomic mass is 35.5. The molecule has 0 saturated heterocycles. The minimum Gasteiger partial charge on any atom is -0.434 e. The lowest BCUT2D eigenvalue weighted by atomic mass is 10.1. The Hall–Kier alpha value is -2.85. The Morgan fingerprint density at radius 1 is 1.11 bits per heavy atom. The van der Waals surface area contributed by atoms with Gasteiger partial charge in [-0.25, -0.2) is 9.78 Å². The Morgan fingerprint density at radius 3 is 2.57 bits per heavy atom. The van der Waals surface area contributed by atoms with Gasteiger partial charge in [-0.2, -0.15) is 5.10 Å². The first kappa shape index (κ1) is 25.2. The fraction of sp³-hybridized carbons (Fsp3) is 0.292. The summed E-state index contributed by atoms with van der Waals surface area (Å²) in [4.78, 5) is 12.4. The van der Waals surface area contributed by atoms with Crippen molar-refractivity contribution in [2.75, 3.05) is 12.3 Å². The lowest BCUT2D eigenvalue weighted by molar-refractivity contribution is 0.0817. The predicted octanol–water partition coefficient (Wildman–Crippen LogP) is 5.70. The summed E-state index contributed by atoms with van der Waals surface area (Å²) in [6, 6.07) is 11.7. The van der Waals surface area contributed by atoms with Gasteiger partial charge in [0.1, 0.15) is 6.73 Å². The van der Waals surface area contributed by atoms with Crippen molar-refractivity contribution in [1.29, 1.82) is 0 Å². The van der Waals surface area contributed by atoms with E-state index in [2.05, 4.69) is 34.9 Å². The monoisotopic (exact) mass is 531 g/mol. The van der Waals surface area contributed by atoms with Crippen LogP contribution in [0.2, 0.25) is 35.7 Å². The number of ether oxygens (including phenoxy) is 2. The van der Waals surface area contributed by atoms with E-state index in [-0.39, 0.29) is 27.2 Å². The largest absolute Gasteiger partial charge is 0.434 e. The molecule has 4 aromatic rings. The van der Waals surface area contributed by atoms with Crippen LogP contribution in [0.5, 0.6) is 11.6 Å². The molecule has 0 bridgehead atoms. The van der Waals surface area contributed by atoms with Gasteiger partial charge in [-0.15, -0.1) is 5.10 Å². The number of nitrogens with two attached hydrogens (primary N) is 1. The molecule has 0 fully saturated rings. The van der Waals surface area contributed by atoms with Gasteiger partial charge in [0.2, 0.25) is 5.88 Å². The van der Waals surface area contributed by atoms with Crippen molar-refractivity contribution < 1.29 is 9.47 Å². The molecule has 0 radical (unpaired) electrons. The number of halogens is 2. The molecule has 0 spiro atoms. The van der Waals surface area contributed by atoms with Gasteiger partial charge in [0.05, 0.1) is 21.8 Å². The molecule has 0 unspecified atom stereocenters. The van der Waals surface area contributed by atoms with Crippen molar-refractivity contribution in [2.45, 2.75) is 38.8 Å². The van der Waals surface area contributed by atoms with E-state index in [0.717, 1.165) is 29.1 Å². The van der Waals surface area contributed by atoms with Gasteiger partial charge < -0.3 is 15.2 Å². The van der Waals surface area contributed by atoms with Crippen LogP contribution in [0.4, 0.5) is 5.69 Å². The normalized spacial score (nSPS) is 11.8. The molecular formula is C24H27Cl2N5O3Si. The zero-order chi connectivity index (χ0) is 25.2. The highest BCUT2D eigenvalue weighted by Gasteiger charge is 2.14. The van der Waals surface area contributed by atoms with Gasteiger partial charge in [0.25, 0.3) is 5.56 Å². The topological polar surface area (TPSA) is 108 Å². The summed E-state index contributed by atoms with van der Waals surface area (Å²) in [6.07, 6.45) is 2.18. The number of nitrogen functional groups attached to an aromatic ring is 1. The second kappa shape index (κ2) is 10.4. The first-order chi connectivity index (χ1) is 16.6. The lowest BCUT2D eigenvalue weighted by Crippen LogP contribution is -2.22. The average molecular weight is 533 g/mol. The molecule has 11 heteroatoms. The van der Waals surface area contributed by atoms with Crippen LogP contribution in [-0.4, -0.2) is 34.7 Å². The number of fused-ring (bicyclic) bond motifs is 1. The number of benzene rings is 2. The first-order valence-corrected chi connectivity index (χ1v) is 15.6. The Morgan fingerprint density at radius 2 is 1.86 bits per heavy atom. The van der Waals surface area contributed by atoms with Crippen LogP contribution in [0.25, 0.3) is 10.9 Å². The van der Waals surface area contributed by atoms with Crippen LogP contribution in [0.1, 0.15) is 11.1 Å². The Kier molecular flexibility index (Phi) is 7.51. The quantitative estimate of drug-likeness (QED) is 0.163. The van der Waals surface area contributed by atoms with E-state index in [0.29, 0.717) is 24.4 Å². The third-order valence-corrected chi connectivity index (χ3v) is 7.66. The third-order valence-electron chi connectivity index (χ3n) is 5.40. The number of nitrogens with zero attached hydrogens (tertiary/aromatic N) is 3. The van der Waals surface area contributed by atoms with E-state index >= 15 is 0 Å². The predicted molar refractivity (Wildman–Crippen MR) is 142 cm³/mol. The van der Waals surface area contributed by atoms with Crippen LogP contribution in [0.3, 0.4) is 0 Å². The molecule has 0 aliphatic carbocycles. The smallest absolute Gasteiger partial charge is 0.267 e. The van der Waals surface area contributed by atoms with Crippen molar-refractivity contribution in [3.63, 3.8) is 0 Å². The van der Waals surface area contributed by atoms with E-state index in [1.165, 1.54) is 12.1 Å². The van der Waals surface area contributed by atoms with Crippen LogP contribution >= 0.6 is 23.2 Å². The zero-order valence-electron chi connectivity index (χ0n) is 19.8. The summed E-state index contributed by atoms with van der Waals surface area (Å²) in [6.45, 7) is 8.12. The van der Waals surface area contributed by atoms with Crippen molar-refractivity contribution in [2.24, 2.45) is 0 Å². The van der Waals surface area contributed by atoms with Crippen molar-refractivity contribution in [3.05, 3.63) is 74.1 Å². The minimum atomic E-state index is -1.13. The van der Waals surface area contributed by atoms with Gasteiger partial charge in [-0.3, -0.25) is 4.79 Å². The molecular weight excluding hydrogens is 505 g/mol. The number of aromatic nitrogens is 4. The van der Waals surface area contributed by atoms with Gasteiger partial charge in [-0.1, -0.05) is 48.9 Å². The number of nitrogens with one attached hydrogen (secondary N) is 1.